The van der Waals surface area contributed by atoms with E-state index < -0.39 is 23.2 Å². The van der Waals surface area contributed by atoms with E-state index in [1.165, 1.54) is 33.2 Å². The van der Waals surface area contributed by atoms with Gasteiger partial charge in [0.05, 0.1) is 39.4 Å². The summed E-state index contributed by atoms with van der Waals surface area (Å²) in [6, 6.07) is 8.91. The summed E-state index contributed by atoms with van der Waals surface area (Å²) in [5.74, 6) is 5.74. The Balaban J connectivity index is 1.19. The number of fused-ring (bicyclic) bond motifs is 2. The van der Waals surface area contributed by atoms with Crippen molar-refractivity contribution in [3.63, 3.8) is 0 Å². The predicted molar refractivity (Wildman–Crippen MR) is 188 cm³/mol. The number of nitrogens with zero attached hydrogens (tertiary/aromatic N) is 7. The lowest BCUT2D eigenvalue weighted by Crippen LogP contribution is -2.54. The number of alkyl halides is 3. The van der Waals surface area contributed by atoms with E-state index in [2.05, 4.69) is 32.9 Å². The fourth-order valence-corrected chi connectivity index (χ4v) is 8.18. The second-order valence-electron chi connectivity index (χ2n) is 12.7. The van der Waals surface area contributed by atoms with E-state index in [-0.39, 0.29) is 66.4 Å². The van der Waals surface area contributed by atoms with Crippen LogP contribution in [0, 0.1) is 30.1 Å². The van der Waals surface area contributed by atoms with E-state index in [0.29, 0.717) is 50.6 Å². The molecule has 5 aromatic rings. The summed E-state index contributed by atoms with van der Waals surface area (Å²) in [5, 5.41) is 22.0. The van der Waals surface area contributed by atoms with Crippen molar-refractivity contribution in [1.82, 2.24) is 24.4 Å². The Kier molecular flexibility index (Phi) is 8.74. The number of carboxylic acids is 1. The molecule has 0 atom stereocenters. The normalized spacial score (nSPS) is 16.1. The molecule has 51 heavy (non-hydrogen) atoms. The third-order valence-corrected chi connectivity index (χ3v) is 11.1. The second kappa shape index (κ2) is 12.9. The Labute approximate surface area is 298 Å². The van der Waals surface area contributed by atoms with Gasteiger partial charge < -0.3 is 10.0 Å². The van der Waals surface area contributed by atoms with E-state index >= 15 is 0 Å². The molecule has 7 rings (SSSR count). The van der Waals surface area contributed by atoms with Crippen LogP contribution in [0.4, 0.5) is 19.0 Å². The quantitative estimate of drug-likeness (QED) is 0.191. The lowest BCUT2D eigenvalue weighted by molar-refractivity contribution is -0.199. The molecule has 2 fully saturated rings. The number of aromatic carboxylic acids is 1. The molecule has 10 nitrogen and oxygen atoms in total. The summed E-state index contributed by atoms with van der Waals surface area (Å²) < 4.78 is 43.2. The van der Waals surface area contributed by atoms with Gasteiger partial charge in [0, 0.05) is 59.5 Å². The average molecular weight is 732 g/mol. The van der Waals surface area contributed by atoms with Crippen molar-refractivity contribution in [3.8, 4) is 29.0 Å². The summed E-state index contributed by atoms with van der Waals surface area (Å²) in [7, 11) is 1.75. The number of hydrogen-bond acceptors (Lipinski definition) is 9. The Hall–Kier alpha value is -5.02. The molecule has 1 aliphatic heterocycles. The van der Waals surface area contributed by atoms with Gasteiger partial charge >= 0.3 is 12.1 Å². The van der Waals surface area contributed by atoms with Crippen molar-refractivity contribution >= 4 is 55.8 Å². The highest BCUT2D eigenvalue weighted by molar-refractivity contribution is 7.18. The lowest BCUT2D eigenvalue weighted by Gasteiger charge is -2.41. The van der Waals surface area contributed by atoms with Gasteiger partial charge in [0.15, 0.2) is 0 Å². The summed E-state index contributed by atoms with van der Waals surface area (Å²) in [6.07, 6.45) is -0.150. The van der Waals surface area contributed by atoms with Crippen molar-refractivity contribution in [2.75, 3.05) is 25.0 Å². The topological polar surface area (TPSA) is 128 Å². The number of pyridine rings is 2. The molecule has 1 saturated heterocycles. The molecule has 1 aliphatic carbocycles. The SMILES string of the molecule is Cc1nc2cnc(N(C)C3CCN(C4(C(F)(F)F)CC4)CC3)c(C#N)c2c(=O)n1CC#Cc1ccc(Cl)cc1-c1ccnc2c(C(=O)O)csc12. The maximum Gasteiger partial charge on any atom is 0.406 e. The number of carboxylic acid groups (broad SMARTS) is 1. The van der Waals surface area contributed by atoms with Crippen LogP contribution in [-0.4, -0.2) is 73.4 Å². The highest BCUT2D eigenvalue weighted by Crippen LogP contribution is 2.54. The van der Waals surface area contributed by atoms with Gasteiger partial charge in [-0.2, -0.15) is 18.4 Å². The zero-order valence-electron chi connectivity index (χ0n) is 27.4. The number of hydrogen-bond donors (Lipinski definition) is 1. The molecule has 2 aliphatic rings. The van der Waals surface area contributed by atoms with Crippen molar-refractivity contribution in [3.05, 3.63) is 79.9 Å². The number of likely N-dealkylation sites (tertiary alicyclic amines) is 1. The van der Waals surface area contributed by atoms with E-state index in [9.17, 15) is 33.1 Å². The van der Waals surface area contributed by atoms with E-state index in [1.54, 1.807) is 48.5 Å². The third kappa shape index (κ3) is 5.97. The number of thiophene rings is 1. The fraction of sp³-hybridized carbons (Fsp3) is 0.333. The maximum absolute atomic E-state index is 14.0. The van der Waals surface area contributed by atoms with Crippen molar-refractivity contribution in [2.24, 2.45) is 0 Å². The van der Waals surface area contributed by atoms with Gasteiger partial charge in [-0.3, -0.25) is 19.2 Å². The minimum Gasteiger partial charge on any atom is -0.478 e. The molecule has 1 aromatic carbocycles. The molecular formula is C36H29ClF3N7O3S. The molecular weight excluding hydrogens is 703 g/mol. The van der Waals surface area contributed by atoms with Crippen molar-refractivity contribution < 1.29 is 23.1 Å². The summed E-state index contributed by atoms with van der Waals surface area (Å²) in [4.78, 5) is 42.4. The van der Waals surface area contributed by atoms with Crippen LogP contribution >= 0.6 is 22.9 Å². The Morgan fingerprint density at radius 3 is 2.61 bits per heavy atom. The van der Waals surface area contributed by atoms with E-state index in [4.69, 9.17) is 11.6 Å². The number of nitriles is 1. The van der Waals surface area contributed by atoms with Crippen molar-refractivity contribution in [1.29, 1.82) is 5.26 Å². The predicted octanol–water partition coefficient (Wildman–Crippen LogP) is 6.65. The van der Waals surface area contributed by atoms with Crippen LogP contribution in [0.2, 0.25) is 5.02 Å². The third-order valence-electron chi connectivity index (χ3n) is 9.90. The summed E-state index contributed by atoms with van der Waals surface area (Å²) >= 11 is 7.63. The van der Waals surface area contributed by atoms with Gasteiger partial charge in [-0.1, -0.05) is 23.4 Å². The standard InChI is InChI=1S/C36H29ClF3N7O3S/c1-20-44-28-18-43-32(45(2)23-8-14-46(15-9-23)35(10-11-35)36(38,39)40)26(17-41)29(28)33(48)47(20)13-3-4-21-5-6-22(37)16-25(21)24-7-12-42-30-27(34(49)50)19-51-31(24)30/h5-7,12,16,18-19,23H,8-11,13-15H2,1-2H3,(H,49,50). The molecule has 1 N–H and O–H groups in total. The van der Waals surface area contributed by atoms with Gasteiger partial charge in [-0.25, -0.2) is 14.8 Å². The van der Waals surface area contributed by atoms with Crippen molar-refractivity contribution in [2.45, 2.75) is 56.9 Å². The number of piperidine rings is 1. The Morgan fingerprint density at radius 1 is 1.20 bits per heavy atom. The molecule has 5 heterocycles. The first-order valence-electron chi connectivity index (χ1n) is 16.1. The van der Waals surface area contributed by atoms with Gasteiger partial charge in [0.25, 0.3) is 5.56 Å². The van der Waals surface area contributed by atoms with E-state index in [0.717, 1.165) is 0 Å². The number of rotatable bonds is 6. The molecule has 4 aromatic heterocycles. The van der Waals surface area contributed by atoms with Crippen LogP contribution in [-0.2, 0) is 6.54 Å². The van der Waals surface area contributed by atoms with Crippen LogP contribution in [0.1, 0.15) is 53.0 Å². The smallest absolute Gasteiger partial charge is 0.406 e. The molecule has 260 valence electrons. The molecule has 0 amide bonds. The molecule has 15 heteroatoms. The Bertz CT molecular complexity index is 2400. The first-order chi connectivity index (χ1) is 24.3. The van der Waals surface area contributed by atoms with Crippen LogP contribution in [0.5, 0.6) is 0 Å². The number of aromatic nitrogens is 4. The summed E-state index contributed by atoms with van der Waals surface area (Å²) in [5.41, 5.74) is 0.552. The minimum absolute atomic E-state index is 0.0453. The highest BCUT2D eigenvalue weighted by Gasteiger charge is 2.66. The van der Waals surface area contributed by atoms with Crippen LogP contribution in [0.3, 0.4) is 0 Å². The zero-order chi connectivity index (χ0) is 36.2. The number of halogens is 4. The number of benzene rings is 1. The molecule has 1 saturated carbocycles. The van der Waals surface area contributed by atoms with Gasteiger partial charge in [0.2, 0.25) is 0 Å². The average Bonchev–Trinajstić information content (AvgIpc) is 3.82. The fourth-order valence-electron chi connectivity index (χ4n) is 6.98. The minimum atomic E-state index is -4.27. The molecule has 0 bridgehead atoms. The number of aryl methyl sites for hydroxylation is 1. The van der Waals surface area contributed by atoms with Gasteiger partial charge in [0.1, 0.15) is 28.8 Å². The first kappa shape index (κ1) is 34.4. The maximum atomic E-state index is 14.0. The molecule has 0 radical (unpaired) electrons. The first-order valence-corrected chi connectivity index (χ1v) is 17.3. The monoisotopic (exact) mass is 731 g/mol. The van der Waals surface area contributed by atoms with Crippen LogP contribution in [0.15, 0.2) is 46.8 Å². The van der Waals surface area contributed by atoms with Crippen LogP contribution in [0.25, 0.3) is 32.2 Å². The number of carbonyl (C=O) groups is 1. The van der Waals surface area contributed by atoms with Gasteiger partial charge in [-0.15, -0.1) is 11.3 Å². The Morgan fingerprint density at radius 2 is 1.94 bits per heavy atom. The van der Waals surface area contributed by atoms with Crippen LogP contribution < -0.4 is 10.5 Å². The van der Waals surface area contributed by atoms with Gasteiger partial charge in [-0.05, 0) is 56.9 Å². The lowest BCUT2D eigenvalue weighted by atomic mass is 10.00. The zero-order valence-corrected chi connectivity index (χ0v) is 29.0. The highest BCUT2D eigenvalue weighted by atomic mass is 35.5. The molecule has 0 unspecified atom stereocenters. The molecule has 0 spiro atoms. The number of anilines is 1. The largest absolute Gasteiger partial charge is 0.478 e. The van der Waals surface area contributed by atoms with E-state index in [1.807, 2.05) is 0 Å². The summed E-state index contributed by atoms with van der Waals surface area (Å²) in [6.45, 7) is 2.15. The second-order valence-corrected chi connectivity index (χ2v) is 14.0.